The number of nitrogens with two attached hydrogens (primary N) is 1. The molecule has 0 atom stereocenters. The van der Waals surface area contributed by atoms with Crippen LogP contribution in [0.1, 0.15) is 10.7 Å². The molecule has 0 spiro atoms. The number of para-hydroxylation sites is 1. The lowest BCUT2D eigenvalue weighted by Crippen LogP contribution is -2.12. The number of fused-ring (bicyclic) bond motifs is 1. The van der Waals surface area contributed by atoms with Crippen LogP contribution in [0.4, 0.5) is 0 Å². The van der Waals surface area contributed by atoms with Crippen molar-refractivity contribution in [1.82, 2.24) is 9.55 Å². The molecule has 28 heavy (non-hydrogen) atoms. The predicted octanol–water partition coefficient (Wildman–Crippen LogP) is 3.80. The molecule has 0 aliphatic carbocycles. The molecule has 0 aliphatic heterocycles. The number of nitriles is 1. The second kappa shape index (κ2) is 7.05. The van der Waals surface area contributed by atoms with E-state index in [1.54, 1.807) is 18.2 Å². The SMILES string of the molecule is N#CC(=Cc1cccn1-c1ccc(S(N)(=O)=O)cc1)c1nc2ccccc2s1. The standard InChI is InChI=1S/C20H14N4O2S2/c21-13-14(20-23-18-5-1-2-6-19(18)27-20)12-16-4-3-11-24(16)15-7-9-17(10-8-15)28(22,25)26/h1-12H,(H2,22,25,26). The first kappa shape index (κ1) is 18.1. The number of sulfonamides is 1. The van der Waals surface area contributed by atoms with Crippen LogP contribution in [0.5, 0.6) is 0 Å². The number of hydrogen-bond donors (Lipinski definition) is 1. The van der Waals surface area contributed by atoms with Crippen molar-refractivity contribution in [2.75, 3.05) is 0 Å². The zero-order chi connectivity index (χ0) is 19.7. The van der Waals surface area contributed by atoms with Gasteiger partial charge in [0, 0.05) is 17.6 Å². The Kier molecular flexibility index (Phi) is 4.57. The molecule has 2 aromatic heterocycles. The maximum atomic E-state index is 11.4. The molecule has 0 saturated carbocycles. The molecule has 4 aromatic rings. The summed E-state index contributed by atoms with van der Waals surface area (Å²) in [5, 5.41) is 15.5. The first-order valence-corrected chi connectivity index (χ1v) is 10.6. The highest BCUT2D eigenvalue weighted by atomic mass is 32.2. The van der Waals surface area contributed by atoms with Crippen molar-refractivity contribution in [2.24, 2.45) is 5.14 Å². The second-order valence-electron chi connectivity index (χ2n) is 6.00. The van der Waals surface area contributed by atoms with Crippen LogP contribution in [0.15, 0.2) is 71.8 Å². The van der Waals surface area contributed by atoms with E-state index < -0.39 is 10.0 Å². The van der Waals surface area contributed by atoms with Crippen LogP contribution >= 0.6 is 11.3 Å². The van der Waals surface area contributed by atoms with E-state index in [0.29, 0.717) is 10.6 Å². The van der Waals surface area contributed by atoms with Crippen molar-refractivity contribution in [3.05, 3.63) is 77.6 Å². The largest absolute Gasteiger partial charge is 0.317 e. The highest BCUT2D eigenvalue weighted by Crippen LogP contribution is 2.28. The Balaban J connectivity index is 1.74. The number of rotatable bonds is 4. The van der Waals surface area contributed by atoms with Crippen LogP contribution in [-0.2, 0) is 10.0 Å². The molecule has 0 unspecified atom stereocenters. The first-order chi connectivity index (χ1) is 13.5. The van der Waals surface area contributed by atoms with Crippen LogP contribution in [0.3, 0.4) is 0 Å². The topological polar surface area (TPSA) is 102 Å². The van der Waals surface area contributed by atoms with Gasteiger partial charge in [0.2, 0.25) is 10.0 Å². The molecule has 0 radical (unpaired) electrons. The fourth-order valence-electron chi connectivity index (χ4n) is 2.82. The summed E-state index contributed by atoms with van der Waals surface area (Å²) < 4.78 is 25.7. The van der Waals surface area contributed by atoms with Crippen molar-refractivity contribution in [2.45, 2.75) is 4.90 Å². The minimum absolute atomic E-state index is 0.0488. The van der Waals surface area contributed by atoms with Crippen molar-refractivity contribution in [3.8, 4) is 11.8 Å². The lowest BCUT2D eigenvalue weighted by molar-refractivity contribution is 0.598. The Morgan fingerprint density at radius 3 is 2.54 bits per heavy atom. The summed E-state index contributed by atoms with van der Waals surface area (Å²) in [7, 11) is -3.74. The number of allylic oxidation sites excluding steroid dienone is 1. The monoisotopic (exact) mass is 406 g/mol. The number of aromatic nitrogens is 2. The summed E-state index contributed by atoms with van der Waals surface area (Å²) >= 11 is 1.47. The minimum atomic E-state index is -3.74. The Bertz CT molecular complexity index is 1310. The van der Waals surface area contributed by atoms with Crippen LogP contribution in [0, 0.1) is 11.3 Å². The van der Waals surface area contributed by atoms with E-state index in [4.69, 9.17) is 5.14 Å². The van der Waals surface area contributed by atoms with Crippen molar-refractivity contribution >= 4 is 43.2 Å². The molecule has 8 heteroatoms. The van der Waals surface area contributed by atoms with Gasteiger partial charge < -0.3 is 4.57 Å². The van der Waals surface area contributed by atoms with Gasteiger partial charge >= 0.3 is 0 Å². The van der Waals surface area contributed by atoms with Gasteiger partial charge in [-0.05, 0) is 54.6 Å². The molecule has 2 aromatic carbocycles. The van der Waals surface area contributed by atoms with Gasteiger partial charge in [0.25, 0.3) is 0 Å². The van der Waals surface area contributed by atoms with Crippen molar-refractivity contribution in [3.63, 3.8) is 0 Å². The molecule has 138 valence electrons. The maximum absolute atomic E-state index is 11.4. The fourth-order valence-corrected chi connectivity index (χ4v) is 4.27. The van der Waals surface area contributed by atoms with Gasteiger partial charge in [0.1, 0.15) is 11.1 Å². The molecule has 0 bridgehead atoms. The Labute approximate surface area is 165 Å². The van der Waals surface area contributed by atoms with Gasteiger partial charge in [0.05, 0.1) is 20.7 Å². The predicted molar refractivity (Wildman–Crippen MR) is 110 cm³/mol. The highest BCUT2D eigenvalue weighted by Gasteiger charge is 2.11. The van der Waals surface area contributed by atoms with E-state index in [9.17, 15) is 13.7 Å². The van der Waals surface area contributed by atoms with E-state index in [1.165, 1.54) is 23.5 Å². The average molecular weight is 406 g/mol. The van der Waals surface area contributed by atoms with Crippen molar-refractivity contribution in [1.29, 1.82) is 5.26 Å². The maximum Gasteiger partial charge on any atom is 0.238 e. The molecule has 2 N–H and O–H groups in total. The van der Waals surface area contributed by atoms with Gasteiger partial charge in [-0.25, -0.2) is 18.5 Å². The third-order valence-corrected chi connectivity index (χ3v) is 6.16. The number of hydrogen-bond acceptors (Lipinski definition) is 5. The summed E-state index contributed by atoms with van der Waals surface area (Å²) in [5.74, 6) is 0. The van der Waals surface area contributed by atoms with Gasteiger partial charge in [-0.1, -0.05) is 12.1 Å². The van der Waals surface area contributed by atoms with Crippen LogP contribution in [0.2, 0.25) is 0 Å². The summed E-state index contributed by atoms with van der Waals surface area (Å²) in [6.45, 7) is 0. The molecular formula is C20H14N4O2S2. The molecule has 0 amide bonds. The molecular weight excluding hydrogens is 392 g/mol. The number of nitrogens with zero attached hydrogens (tertiary/aromatic N) is 3. The van der Waals surface area contributed by atoms with Gasteiger partial charge in [-0.2, -0.15) is 5.26 Å². The Hall–Kier alpha value is -3.25. The van der Waals surface area contributed by atoms with Gasteiger partial charge in [0.15, 0.2) is 0 Å². The first-order valence-electron chi connectivity index (χ1n) is 8.24. The Morgan fingerprint density at radius 2 is 1.86 bits per heavy atom. The summed E-state index contributed by atoms with van der Waals surface area (Å²) in [5.41, 5.74) is 2.85. The van der Waals surface area contributed by atoms with Crippen LogP contribution in [-0.4, -0.2) is 18.0 Å². The molecule has 6 nitrogen and oxygen atoms in total. The normalized spacial score (nSPS) is 12.2. The van der Waals surface area contributed by atoms with E-state index in [1.807, 2.05) is 47.2 Å². The average Bonchev–Trinajstić information content (AvgIpc) is 3.32. The summed E-state index contributed by atoms with van der Waals surface area (Å²) in [6.07, 6.45) is 3.61. The summed E-state index contributed by atoms with van der Waals surface area (Å²) in [6, 6.07) is 19.9. The van der Waals surface area contributed by atoms with Crippen molar-refractivity contribution < 1.29 is 8.42 Å². The molecule has 0 aliphatic rings. The molecule has 0 fully saturated rings. The highest BCUT2D eigenvalue weighted by molar-refractivity contribution is 7.89. The summed E-state index contributed by atoms with van der Waals surface area (Å²) in [4.78, 5) is 4.59. The van der Waals surface area contributed by atoms with Gasteiger partial charge in [-0.15, -0.1) is 11.3 Å². The van der Waals surface area contributed by atoms with E-state index in [2.05, 4.69) is 11.1 Å². The lowest BCUT2D eigenvalue weighted by Gasteiger charge is -2.08. The van der Waals surface area contributed by atoms with Crippen LogP contribution in [0.25, 0.3) is 27.6 Å². The fraction of sp³-hybridized carbons (Fsp3) is 0. The molecule has 4 rings (SSSR count). The third kappa shape index (κ3) is 3.46. The number of thiazole rings is 1. The number of primary sulfonamides is 1. The van der Waals surface area contributed by atoms with E-state index in [-0.39, 0.29) is 4.90 Å². The van der Waals surface area contributed by atoms with Gasteiger partial charge in [-0.3, -0.25) is 0 Å². The quantitative estimate of drug-likeness (QED) is 0.521. The second-order valence-corrected chi connectivity index (χ2v) is 8.59. The van der Waals surface area contributed by atoms with E-state index >= 15 is 0 Å². The zero-order valence-corrected chi connectivity index (χ0v) is 16.1. The van der Waals surface area contributed by atoms with Crippen LogP contribution < -0.4 is 5.14 Å². The number of benzene rings is 2. The molecule has 2 heterocycles. The Morgan fingerprint density at radius 1 is 1.11 bits per heavy atom. The molecule has 0 saturated heterocycles. The van der Waals surface area contributed by atoms with E-state index in [0.717, 1.165) is 21.6 Å². The lowest BCUT2D eigenvalue weighted by atomic mass is 10.2. The third-order valence-electron chi connectivity index (χ3n) is 4.16. The minimum Gasteiger partial charge on any atom is -0.317 e. The smallest absolute Gasteiger partial charge is 0.238 e. The zero-order valence-electron chi connectivity index (χ0n) is 14.5.